The summed E-state index contributed by atoms with van der Waals surface area (Å²) in [5.41, 5.74) is 13.6. The number of nitrogens with two attached hydrogens (primary N) is 1. The number of nitrogens with one attached hydrogen (secondary N) is 1. The maximum atomic E-state index is 8.31. The van der Waals surface area contributed by atoms with E-state index in [2.05, 4.69) is 109 Å². The largest absolute Gasteiger partial charge is 0.398 e. The number of para-hydroxylation sites is 2. The first-order valence-corrected chi connectivity index (χ1v) is 17.6. The molecule has 50 heavy (non-hydrogen) atoms. The van der Waals surface area contributed by atoms with Gasteiger partial charge in [0.15, 0.2) is 0 Å². The number of fused-ring (bicyclic) bond motifs is 11. The zero-order valence-corrected chi connectivity index (χ0v) is 28.3. The summed E-state index contributed by atoms with van der Waals surface area (Å²) in [6.45, 7) is 0. The van der Waals surface area contributed by atoms with Crippen LogP contribution in [0.2, 0.25) is 0 Å². The number of nitrogen functional groups attached to an aromatic ring is 1. The molecule has 0 aliphatic rings. The number of rotatable bonds is 3. The predicted octanol–water partition coefficient (Wildman–Crippen LogP) is 12.4. The summed E-state index contributed by atoms with van der Waals surface area (Å²) in [7, 11) is 2.17. The first kappa shape index (κ1) is 29.9. The van der Waals surface area contributed by atoms with Crippen molar-refractivity contribution in [1.29, 1.82) is 5.41 Å². The van der Waals surface area contributed by atoms with Crippen LogP contribution in [0.1, 0.15) is 11.1 Å². The highest BCUT2D eigenvalue weighted by atomic mass is 32.1. The van der Waals surface area contributed by atoms with Crippen LogP contribution < -0.4 is 5.73 Å². The molecule has 0 amide bonds. The minimum absolute atomic E-state index is 0.452. The lowest BCUT2D eigenvalue weighted by molar-refractivity contribution is 1.01. The van der Waals surface area contributed by atoms with Gasteiger partial charge in [-0.05, 0) is 63.0 Å². The first-order chi connectivity index (χ1) is 24.6. The van der Waals surface area contributed by atoms with E-state index < -0.39 is 0 Å². The van der Waals surface area contributed by atoms with Crippen molar-refractivity contribution in [3.8, 4) is 11.1 Å². The summed E-state index contributed by atoms with van der Waals surface area (Å²) in [6.07, 6.45) is 0. The third-order valence-corrected chi connectivity index (χ3v) is 11.1. The molecule has 0 aliphatic carbocycles. The molecule has 238 valence electrons. The van der Waals surface area contributed by atoms with E-state index in [4.69, 9.17) is 11.1 Å². The molecular formula is C46H33N3S. The summed E-state index contributed by atoms with van der Waals surface area (Å²) in [5.74, 6) is 0. The molecule has 3 N–H and O–H groups in total. The van der Waals surface area contributed by atoms with E-state index in [0.717, 1.165) is 16.7 Å². The smallest absolute Gasteiger partial charge is 0.0705 e. The molecule has 0 radical (unpaired) electrons. The number of nitrogens with zero attached hydrogens (tertiary/aromatic N) is 1. The third kappa shape index (κ3) is 4.84. The molecule has 10 aromatic rings. The highest BCUT2D eigenvalue weighted by Crippen LogP contribution is 2.42. The van der Waals surface area contributed by atoms with Crippen LogP contribution in [0.25, 0.3) is 74.6 Å². The number of aryl methyl sites for hydroxylation is 1. The Morgan fingerprint density at radius 3 is 1.86 bits per heavy atom. The standard InChI is InChI=1S/C27H17NS.C19H16N2/c1-28-22-8-4-2-6-20(22)26-18-10-11-19-17(16(18)12-14-23(26)28)13-15-25-27(19)21-7-3-5-9-24(21)29-25;20-18-9-5-4-8-17(18)19(21)16-12-10-15(11-13-16)14-6-2-1-3-7-14/h2-15H,1H3;1-13,21H,20H2. The highest BCUT2D eigenvalue weighted by Gasteiger charge is 2.15. The number of benzene rings is 8. The second-order valence-electron chi connectivity index (χ2n) is 12.7. The van der Waals surface area contributed by atoms with Gasteiger partial charge in [-0.2, -0.15) is 0 Å². The van der Waals surface area contributed by atoms with E-state index >= 15 is 0 Å². The summed E-state index contributed by atoms with van der Waals surface area (Å²) >= 11 is 1.89. The molecule has 0 saturated heterocycles. The normalized spacial score (nSPS) is 11.5. The summed E-state index contributed by atoms with van der Waals surface area (Å²) in [5, 5.41) is 19.1. The average Bonchev–Trinajstić information content (AvgIpc) is 3.70. The second kappa shape index (κ2) is 12.0. The van der Waals surface area contributed by atoms with Gasteiger partial charge in [-0.25, -0.2) is 0 Å². The van der Waals surface area contributed by atoms with Gasteiger partial charge in [0.2, 0.25) is 0 Å². The van der Waals surface area contributed by atoms with Crippen molar-refractivity contribution in [2.24, 2.45) is 7.05 Å². The number of hydrogen-bond donors (Lipinski definition) is 2. The van der Waals surface area contributed by atoms with E-state index in [-0.39, 0.29) is 0 Å². The zero-order valence-electron chi connectivity index (χ0n) is 27.5. The van der Waals surface area contributed by atoms with Crippen molar-refractivity contribution >= 4 is 86.3 Å². The Bertz CT molecular complexity index is 2900. The number of aromatic nitrogens is 1. The predicted molar refractivity (Wildman–Crippen MR) is 217 cm³/mol. The van der Waals surface area contributed by atoms with Gasteiger partial charge in [-0.3, -0.25) is 5.41 Å². The minimum Gasteiger partial charge on any atom is -0.398 e. The molecule has 8 aromatic carbocycles. The van der Waals surface area contributed by atoms with Crippen LogP contribution in [0.15, 0.2) is 164 Å². The molecule has 0 unspecified atom stereocenters. The molecule has 2 heterocycles. The van der Waals surface area contributed by atoms with Crippen LogP contribution in [0.4, 0.5) is 5.69 Å². The van der Waals surface area contributed by atoms with Crippen molar-refractivity contribution < 1.29 is 0 Å². The van der Waals surface area contributed by atoms with Crippen LogP contribution in [-0.4, -0.2) is 10.3 Å². The van der Waals surface area contributed by atoms with Crippen molar-refractivity contribution in [2.45, 2.75) is 0 Å². The Hall–Kier alpha value is -6.23. The maximum absolute atomic E-state index is 8.31. The van der Waals surface area contributed by atoms with E-state index in [1.54, 1.807) is 0 Å². The lowest BCUT2D eigenvalue weighted by atomic mass is 9.96. The van der Waals surface area contributed by atoms with Crippen molar-refractivity contribution in [2.75, 3.05) is 5.73 Å². The average molecular weight is 660 g/mol. The molecule has 0 saturated carbocycles. The topological polar surface area (TPSA) is 54.8 Å². The summed E-state index contributed by atoms with van der Waals surface area (Å²) in [6, 6.07) is 57.1. The van der Waals surface area contributed by atoms with Gasteiger partial charge in [0.25, 0.3) is 0 Å². The molecule has 2 aromatic heterocycles. The van der Waals surface area contributed by atoms with Gasteiger partial charge in [0.05, 0.1) is 5.71 Å². The van der Waals surface area contributed by atoms with Crippen LogP contribution in [0.5, 0.6) is 0 Å². The Kier molecular flexibility index (Phi) is 7.19. The fourth-order valence-corrected chi connectivity index (χ4v) is 8.57. The lowest BCUT2D eigenvalue weighted by Gasteiger charge is -2.08. The fraction of sp³-hybridized carbons (Fsp3) is 0.0217. The lowest BCUT2D eigenvalue weighted by Crippen LogP contribution is -2.04. The van der Waals surface area contributed by atoms with Gasteiger partial charge in [0.1, 0.15) is 0 Å². The maximum Gasteiger partial charge on any atom is 0.0705 e. The first-order valence-electron chi connectivity index (χ1n) is 16.8. The molecule has 0 fully saturated rings. The molecule has 0 aliphatic heterocycles. The molecule has 0 atom stereocenters. The minimum atomic E-state index is 0.452. The van der Waals surface area contributed by atoms with E-state index in [1.807, 2.05) is 78.1 Å². The molecule has 10 rings (SSSR count). The quantitative estimate of drug-likeness (QED) is 0.111. The summed E-state index contributed by atoms with van der Waals surface area (Å²) in [4.78, 5) is 0. The molecular weight excluding hydrogens is 627 g/mol. The monoisotopic (exact) mass is 659 g/mol. The molecule has 0 bridgehead atoms. The van der Waals surface area contributed by atoms with Crippen molar-refractivity contribution in [3.63, 3.8) is 0 Å². The summed E-state index contributed by atoms with van der Waals surface area (Å²) < 4.78 is 5.04. The van der Waals surface area contributed by atoms with E-state index in [0.29, 0.717) is 11.4 Å². The van der Waals surface area contributed by atoms with Crippen molar-refractivity contribution in [3.05, 3.63) is 175 Å². The number of hydrogen-bond acceptors (Lipinski definition) is 3. The van der Waals surface area contributed by atoms with Gasteiger partial charge in [-0.15, -0.1) is 11.3 Å². The zero-order chi connectivity index (χ0) is 33.8. The van der Waals surface area contributed by atoms with E-state index in [1.165, 1.54) is 69.1 Å². The number of thiophene rings is 1. The molecule has 4 heteroatoms. The van der Waals surface area contributed by atoms with Gasteiger partial charge in [-0.1, -0.05) is 133 Å². The Labute approximate surface area is 294 Å². The molecule has 3 nitrogen and oxygen atoms in total. The third-order valence-electron chi connectivity index (χ3n) is 9.92. The van der Waals surface area contributed by atoms with Crippen LogP contribution in [-0.2, 0) is 7.05 Å². The Morgan fingerprint density at radius 1 is 0.480 bits per heavy atom. The van der Waals surface area contributed by atoms with Crippen LogP contribution in [0, 0.1) is 5.41 Å². The number of anilines is 1. The van der Waals surface area contributed by atoms with Crippen LogP contribution in [0.3, 0.4) is 0 Å². The van der Waals surface area contributed by atoms with Gasteiger partial charge < -0.3 is 10.3 Å². The van der Waals surface area contributed by atoms with Gasteiger partial charge >= 0.3 is 0 Å². The van der Waals surface area contributed by atoms with Crippen molar-refractivity contribution in [1.82, 2.24) is 4.57 Å². The molecule has 0 spiro atoms. The Morgan fingerprint density at radius 2 is 1.08 bits per heavy atom. The van der Waals surface area contributed by atoms with E-state index in [9.17, 15) is 0 Å². The van der Waals surface area contributed by atoms with Gasteiger partial charge in [0, 0.05) is 65.8 Å². The fourth-order valence-electron chi connectivity index (χ4n) is 7.44. The Balaban J connectivity index is 0.000000143. The second-order valence-corrected chi connectivity index (χ2v) is 13.8. The van der Waals surface area contributed by atoms with Crippen LogP contribution >= 0.6 is 11.3 Å². The SMILES string of the molecule is Cn1c2ccccc2c2c3ccc4c(ccc5sc6ccccc6c54)c3ccc21.N=C(c1ccc(-c2ccccc2)cc1)c1ccccc1N. The highest BCUT2D eigenvalue weighted by molar-refractivity contribution is 7.26.